The second-order valence-corrected chi connectivity index (χ2v) is 5.84. The summed E-state index contributed by atoms with van der Waals surface area (Å²) in [5.74, 6) is 4.69. The van der Waals surface area contributed by atoms with E-state index < -0.39 is 11.6 Å². The fraction of sp³-hybridized carbons (Fsp3) is 0.333. The van der Waals surface area contributed by atoms with Gasteiger partial charge < -0.3 is 10.3 Å². The number of rotatable bonds is 3. The van der Waals surface area contributed by atoms with E-state index in [1.807, 2.05) is 0 Å². The fourth-order valence-electron chi connectivity index (χ4n) is 2.94. The molecule has 5 nitrogen and oxygen atoms in total. The van der Waals surface area contributed by atoms with Gasteiger partial charge >= 0.3 is 0 Å². The van der Waals surface area contributed by atoms with Crippen LogP contribution in [0.25, 0.3) is 0 Å². The van der Waals surface area contributed by atoms with Gasteiger partial charge in [0.05, 0.1) is 11.9 Å². The monoisotopic (exact) mass is 339 g/mol. The second-order valence-electron chi connectivity index (χ2n) is 5.46. The van der Waals surface area contributed by atoms with Crippen molar-refractivity contribution >= 4 is 23.1 Å². The van der Waals surface area contributed by atoms with E-state index in [0.29, 0.717) is 29.5 Å². The summed E-state index contributed by atoms with van der Waals surface area (Å²) in [5.41, 5.74) is 3.71. The van der Waals surface area contributed by atoms with E-state index in [2.05, 4.69) is 20.5 Å². The van der Waals surface area contributed by atoms with Crippen molar-refractivity contribution in [2.24, 2.45) is 5.84 Å². The van der Waals surface area contributed by atoms with Crippen LogP contribution in [-0.2, 0) is 0 Å². The lowest BCUT2D eigenvalue weighted by Crippen LogP contribution is -2.33. The molecule has 8 heteroatoms. The van der Waals surface area contributed by atoms with Gasteiger partial charge in [-0.25, -0.2) is 14.6 Å². The molecule has 0 radical (unpaired) electrons. The molecule has 0 aliphatic carbocycles. The van der Waals surface area contributed by atoms with Gasteiger partial charge in [-0.05, 0) is 30.4 Å². The molecule has 0 atom stereocenters. The summed E-state index contributed by atoms with van der Waals surface area (Å²) in [6.07, 6.45) is 3.07. The molecule has 1 saturated heterocycles. The molecule has 0 amide bonds. The van der Waals surface area contributed by atoms with Gasteiger partial charge in [0.2, 0.25) is 0 Å². The number of benzene rings is 1. The predicted molar refractivity (Wildman–Crippen MR) is 85.4 cm³/mol. The number of hydrogen-bond donors (Lipinski definition) is 2. The minimum atomic E-state index is -0.555. The Balaban J connectivity index is 1.74. The summed E-state index contributed by atoms with van der Waals surface area (Å²) >= 11 is 6.25. The fourth-order valence-corrected chi connectivity index (χ4v) is 3.20. The average Bonchev–Trinajstić information content (AvgIpc) is 2.55. The summed E-state index contributed by atoms with van der Waals surface area (Å²) in [5, 5.41) is 8.09. The second kappa shape index (κ2) is 6.64. The van der Waals surface area contributed by atoms with Crippen molar-refractivity contribution in [3.63, 3.8) is 0 Å². The Hall–Kier alpha value is -1.99. The van der Waals surface area contributed by atoms with Gasteiger partial charge in [0.25, 0.3) is 0 Å². The zero-order valence-electron chi connectivity index (χ0n) is 12.3. The lowest BCUT2D eigenvalue weighted by molar-refractivity contribution is 0.477. The normalized spacial score (nSPS) is 15.7. The summed E-state index contributed by atoms with van der Waals surface area (Å²) in [6, 6.07) is 3.76. The number of piperidine rings is 1. The molecule has 1 aromatic carbocycles. The van der Waals surface area contributed by atoms with Gasteiger partial charge in [-0.2, -0.15) is 5.10 Å². The molecule has 1 aliphatic rings. The SMILES string of the molecule is NNc1nncc(N2CCC(c3ccc(F)cc3F)CC2)c1Cl. The third-order valence-corrected chi connectivity index (χ3v) is 4.52. The molecule has 1 fully saturated rings. The topological polar surface area (TPSA) is 67.1 Å². The Kier molecular flexibility index (Phi) is 4.58. The highest BCUT2D eigenvalue weighted by molar-refractivity contribution is 6.35. The van der Waals surface area contributed by atoms with Gasteiger partial charge in [-0.3, -0.25) is 0 Å². The highest BCUT2D eigenvalue weighted by Crippen LogP contribution is 2.35. The van der Waals surface area contributed by atoms with Crippen molar-refractivity contribution in [2.75, 3.05) is 23.4 Å². The number of nitrogen functional groups attached to an aromatic ring is 1. The van der Waals surface area contributed by atoms with Crippen molar-refractivity contribution in [3.05, 3.63) is 46.6 Å². The van der Waals surface area contributed by atoms with Crippen molar-refractivity contribution in [1.82, 2.24) is 10.2 Å². The number of anilines is 2. The van der Waals surface area contributed by atoms with E-state index >= 15 is 0 Å². The van der Waals surface area contributed by atoms with Crippen LogP contribution in [0.3, 0.4) is 0 Å². The largest absolute Gasteiger partial charge is 0.369 e. The lowest BCUT2D eigenvalue weighted by Gasteiger charge is -2.34. The van der Waals surface area contributed by atoms with E-state index in [1.54, 1.807) is 6.20 Å². The molecule has 3 N–H and O–H groups in total. The van der Waals surface area contributed by atoms with Crippen LogP contribution in [0, 0.1) is 11.6 Å². The minimum Gasteiger partial charge on any atom is -0.369 e. The summed E-state index contributed by atoms with van der Waals surface area (Å²) in [7, 11) is 0. The van der Waals surface area contributed by atoms with Gasteiger partial charge in [-0.1, -0.05) is 17.7 Å². The number of halogens is 3. The van der Waals surface area contributed by atoms with Crippen LogP contribution >= 0.6 is 11.6 Å². The van der Waals surface area contributed by atoms with Crippen molar-refractivity contribution in [3.8, 4) is 0 Å². The molecule has 0 spiro atoms. The highest BCUT2D eigenvalue weighted by Gasteiger charge is 2.25. The number of hydrogen-bond acceptors (Lipinski definition) is 5. The molecule has 1 aromatic heterocycles. The Morgan fingerprint density at radius 2 is 2.00 bits per heavy atom. The van der Waals surface area contributed by atoms with Gasteiger partial charge in [0.1, 0.15) is 16.7 Å². The molecule has 0 saturated carbocycles. The molecule has 1 aliphatic heterocycles. The Labute approximate surface area is 137 Å². The maximum Gasteiger partial charge on any atom is 0.183 e. The standard InChI is InChI=1S/C15H16ClF2N5/c16-14-13(8-20-22-15(14)21-19)23-5-3-9(4-6-23)11-2-1-10(17)7-12(11)18/h1-2,7-9H,3-6,19H2,(H,21,22). The maximum atomic E-state index is 13.9. The third kappa shape index (κ3) is 3.20. The first-order chi connectivity index (χ1) is 11.1. The molecular weight excluding hydrogens is 324 g/mol. The van der Waals surface area contributed by atoms with Crippen molar-refractivity contribution in [1.29, 1.82) is 0 Å². The van der Waals surface area contributed by atoms with Crippen LogP contribution in [0.15, 0.2) is 24.4 Å². The molecule has 122 valence electrons. The van der Waals surface area contributed by atoms with Gasteiger partial charge in [0, 0.05) is 19.2 Å². The molecule has 2 heterocycles. The van der Waals surface area contributed by atoms with Crippen LogP contribution < -0.4 is 16.2 Å². The zero-order chi connectivity index (χ0) is 16.4. The van der Waals surface area contributed by atoms with Crippen LogP contribution in [0.5, 0.6) is 0 Å². The number of nitrogens with one attached hydrogen (secondary N) is 1. The first-order valence-electron chi connectivity index (χ1n) is 7.28. The smallest absolute Gasteiger partial charge is 0.183 e. The van der Waals surface area contributed by atoms with E-state index in [-0.39, 0.29) is 5.92 Å². The number of aromatic nitrogens is 2. The van der Waals surface area contributed by atoms with E-state index in [9.17, 15) is 8.78 Å². The molecule has 0 bridgehead atoms. The molecule has 23 heavy (non-hydrogen) atoms. The van der Waals surface area contributed by atoms with E-state index in [4.69, 9.17) is 17.4 Å². The minimum absolute atomic E-state index is 0.0625. The van der Waals surface area contributed by atoms with Crippen LogP contribution in [0.1, 0.15) is 24.3 Å². The highest BCUT2D eigenvalue weighted by atomic mass is 35.5. The Morgan fingerprint density at radius 1 is 1.26 bits per heavy atom. The summed E-state index contributed by atoms with van der Waals surface area (Å²) < 4.78 is 26.9. The number of hydrazine groups is 1. The average molecular weight is 340 g/mol. The van der Waals surface area contributed by atoms with E-state index in [0.717, 1.165) is 24.6 Å². The summed E-state index contributed by atoms with van der Waals surface area (Å²) in [4.78, 5) is 2.07. The number of nitrogens with zero attached hydrogens (tertiary/aromatic N) is 3. The maximum absolute atomic E-state index is 13.9. The van der Waals surface area contributed by atoms with E-state index in [1.165, 1.54) is 12.1 Å². The lowest BCUT2D eigenvalue weighted by atomic mass is 9.89. The third-order valence-electron chi connectivity index (χ3n) is 4.15. The first kappa shape index (κ1) is 15.9. The van der Waals surface area contributed by atoms with Crippen LogP contribution in [0.4, 0.5) is 20.3 Å². The van der Waals surface area contributed by atoms with Gasteiger partial charge in [-0.15, -0.1) is 5.10 Å². The first-order valence-corrected chi connectivity index (χ1v) is 7.65. The molecule has 0 unspecified atom stereocenters. The van der Waals surface area contributed by atoms with Crippen molar-refractivity contribution < 1.29 is 8.78 Å². The van der Waals surface area contributed by atoms with Crippen molar-refractivity contribution in [2.45, 2.75) is 18.8 Å². The Bertz CT molecular complexity index is 704. The van der Waals surface area contributed by atoms with Crippen LogP contribution in [0.2, 0.25) is 5.02 Å². The molecule has 2 aromatic rings. The number of nitrogens with two attached hydrogens (primary N) is 1. The molecular formula is C15H16ClF2N5. The zero-order valence-corrected chi connectivity index (χ0v) is 13.0. The quantitative estimate of drug-likeness (QED) is 0.664. The predicted octanol–water partition coefficient (Wildman–Crippen LogP) is 3.08. The van der Waals surface area contributed by atoms with Gasteiger partial charge in [0.15, 0.2) is 5.82 Å². The Morgan fingerprint density at radius 3 is 2.65 bits per heavy atom. The molecule has 3 rings (SSSR count). The summed E-state index contributed by atoms with van der Waals surface area (Å²) in [6.45, 7) is 1.38. The van der Waals surface area contributed by atoms with Crippen LogP contribution in [-0.4, -0.2) is 23.3 Å².